The molecule has 0 amide bonds. The van der Waals surface area contributed by atoms with Gasteiger partial charge in [-0.3, -0.25) is 0 Å². The van der Waals surface area contributed by atoms with E-state index < -0.39 is 11.6 Å². The standard InChI is InChI=1S/C35H42F2O/c1-3-5-25-38-33-24-23-32(34(36)35(33)37)31-21-15-28(16-22-31)10-7-6-9-27-13-19-30(20-14-27)29-17-11-26(8-4-2)12-18-29/h6,9,11-12,15-18,21-24,27,30H,3-5,7-8,10,13-14,19-20,25H2,1-2H3. The van der Waals surface area contributed by atoms with Crippen molar-refractivity contribution in [2.24, 2.45) is 5.92 Å². The second kappa shape index (κ2) is 14.3. The lowest BCUT2D eigenvalue weighted by molar-refractivity contribution is 0.289. The number of ether oxygens (including phenoxy) is 1. The molecule has 1 fully saturated rings. The summed E-state index contributed by atoms with van der Waals surface area (Å²) in [4.78, 5) is 0. The first-order chi connectivity index (χ1) is 18.6. The van der Waals surface area contributed by atoms with Crippen molar-refractivity contribution < 1.29 is 13.5 Å². The Labute approximate surface area is 227 Å². The van der Waals surface area contributed by atoms with Gasteiger partial charge in [-0.05, 0) is 97.6 Å². The summed E-state index contributed by atoms with van der Waals surface area (Å²) in [6, 6.07) is 20.2. The maximum Gasteiger partial charge on any atom is 0.201 e. The number of allylic oxidation sites excluding steroid dienone is 2. The minimum Gasteiger partial charge on any atom is -0.490 e. The molecule has 0 heterocycles. The van der Waals surface area contributed by atoms with E-state index in [2.05, 4.69) is 43.3 Å². The average molecular weight is 517 g/mol. The molecule has 38 heavy (non-hydrogen) atoms. The summed E-state index contributed by atoms with van der Waals surface area (Å²) >= 11 is 0. The fourth-order valence-corrected chi connectivity index (χ4v) is 5.47. The molecular formula is C35H42F2O. The van der Waals surface area contributed by atoms with Gasteiger partial charge in [-0.15, -0.1) is 0 Å². The topological polar surface area (TPSA) is 9.23 Å². The van der Waals surface area contributed by atoms with E-state index in [-0.39, 0.29) is 11.3 Å². The van der Waals surface area contributed by atoms with E-state index in [1.807, 2.05) is 31.2 Å². The molecule has 0 atom stereocenters. The Morgan fingerprint density at radius 1 is 0.763 bits per heavy atom. The van der Waals surface area contributed by atoms with Crippen molar-refractivity contribution in [1.29, 1.82) is 0 Å². The Hall–Kier alpha value is -2.94. The molecule has 0 saturated heterocycles. The van der Waals surface area contributed by atoms with Gasteiger partial charge in [0.15, 0.2) is 11.6 Å². The van der Waals surface area contributed by atoms with Gasteiger partial charge in [-0.1, -0.05) is 87.4 Å². The Bertz CT molecular complexity index is 1160. The molecule has 0 N–H and O–H groups in total. The number of hydrogen-bond donors (Lipinski definition) is 0. The summed E-state index contributed by atoms with van der Waals surface area (Å²) in [5.41, 5.74) is 5.11. The molecule has 1 nitrogen and oxygen atoms in total. The largest absolute Gasteiger partial charge is 0.490 e. The van der Waals surface area contributed by atoms with E-state index in [4.69, 9.17) is 4.74 Å². The first kappa shape index (κ1) is 28.1. The highest BCUT2D eigenvalue weighted by molar-refractivity contribution is 5.65. The van der Waals surface area contributed by atoms with Crippen LogP contribution in [-0.4, -0.2) is 6.61 Å². The van der Waals surface area contributed by atoms with Crippen molar-refractivity contribution in [2.45, 2.75) is 84.0 Å². The quantitative estimate of drug-likeness (QED) is 0.172. The summed E-state index contributed by atoms with van der Waals surface area (Å²) in [6.07, 6.45) is 15.9. The number of aryl methyl sites for hydroxylation is 2. The lowest BCUT2D eigenvalue weighted by Crippen LogP contribution is -2.11. The summed E-state index contributed by atoms with van der Waals surface area (Å²) < 4.78 is 34.5. The van der Waals surface area contributed by atoms with Gasteiger partial charge < -0.3 is 4.74 Å². The Morgan fingerprint density at radius 2 is 1.45 bits per heavy atom. The first-order valence-electron chi connectivity index (χ1n) is 14.5. The van der Waals surface area contributed by atoms with Crippen LogP contribution >= 0.6 is 0 Å². The van der Waals surface area contributed by atoms with Crippen molar-refractivity contribution in [1.82, 2.24) is 0 Å². The SMILES string of the molecule is CCCCOc1ccc(-c2ccc(CCC=CC3CCC(c4ccc(CCC)cc4)CC3)cc2)c(F)c1F. The van der Waals surface area contributed by atoms with Crippen molar-refractivity contribution in [3.63, 3.8) is 0 Å². The maximum absolute atomic E-state index is 14.7. The maximum atomic E-state index is 14.7. The molecular weight excluding hydrogens is 474 g/mol. The van der Waals surface area contributed by atoms with Crippen LogP contribution in [-0.2, 0) is 12.8 Å². The van der Waals surface area contributed by atoms with Crippen LogP contribution in [0.5, 0.6) is 5.75 Å². The fraction of sp³-hybridized carbons (Fsp3) is 0.429. The molecule has 4 rings (SSSR count). The smallest absolute Gasteiger partial charge is 0.201 e. The predicted octanol–water partition coefficient (Wildman–Crippen LogP) is 10.2. The molecule has 0 radical (unpaired) electrons. The van der Waals surface area contributed by atoms with Crippen LogP contribution in [0.4, 0.5) is 8.78 Å². The third-order valence-electron chi connectivity index (χ3n) is 7.84. The summed E-state index contributed by atoms with van der Waals surface area (Å²) in [5.74, 6) is -0.390. The van der Waals surface area contributed by atoms with Crippen LogP contribution in [0.15, 0.2) is 72.8 Å². The molecule has 1 aliphatic carbocycles. The molecule has 3 heteroatoms. The molecule has 0 spiro atoms. The number of benzene rings is 3. The zero-order valence-corrected chi connectivity index (χ0v) is 23.0. The van der Waals surface area contributed by atoms with E-state index in [9.17, 15) is 8.78 Å². The van der Waals surface area contributed by atoms with E-state index in [1.54, 1.807) is 6.07 Å². The Morgan fingerprint density at radius 3 is 2.13 bits per heavy atom. The molecule has 0 aliphatic heterocycles. The predicted molar refractivity (Wildman–Crippen MR) is 155 cm³/mol. The highest BCUT2D eigenvalue weighted by Gasteiger charge is 2.21. The molecule has 0 bridgehead atoms. The molecule has 3 aromatic rings. The molecule has 3 aromatic carbocycles. The zero-order valence-electron chi connectivity index (χ0n) is 23.0. The fourth-order valence-electron chi connectivity index (χ4n) is 5.47. The number of halogens is 2. The van der Waals surface area contributed by atoms with Gasteiger partial charge >= 0.3 is 0 Å². The highest BCUT2D eigenvalue weighted by Crippen LogP contribution is 2.36. The molecule has 1 saturated carbocycles. The Balaban J connectivity index is 1.23. The van der Waals surface area contributed by atoms with Crippen molar-refractivity contribution in [3.8, 4) is 16.9 Å². The molecule has 1 aliphatic rings. The number of hydrogen-bond acceptors (Lipinski definition) is 1. The lowest BCUT2D eigenvalue weighted by atomic mass is 9.78. The van der Waals surface area contributed by atoms with Crippen LogP contribution < -0.4 is 4.74 Å². The minimum absolute atomic E-state index is 0.0161. The summed E-state index contributed by atoms with van der Waals surface area (Å²) in [7, 11) is 0. The summed E-state index contributed by atoms with van der Waals surface area (Å²) in [6.45, 7) is 4.66. The van der Waals surface area contributed by atoms with Gasteiger partial charge in [0.25, 0.3) is 0 Å². The second-order valence-corrected chi connectivity index (χ2v) is 10.7. The van der Waals surface area contributed by atoms with Gasteiger partial charge in [-0.2, -0.15) is 4.39 Å². The molecule has 202 valence electrons. The zero-order chi connectivity index (χ0) is 26.7. The average Bonchev–Trinajstić information content (AvgIpc) is 2.95. The minimum atomic E-state index is -0.910. The lowest BCUT2D eigenvalue weighted by Gasteiger charge is -2.27. The monoisotopic (exact) mass is 516 g/mol. The highest BCUT2D eigenvalue weighted by atomic mass is 19.2. The second-order valence-electron chi connectivity index (χ2n) is 10.7. The van der Waals surface area contributed by atoms with Crippen molar-refractivity contribution >= 4 is 0 Å². The third kappa shape index (κ3) is 7.56. The Kier molecular flexibility index (Phi) is 10.6. The van der Waals surface area contributed by atoms with Crippen LogP contribution in [0, 0.1) is 17.6 Å². The number of rotatable bonds is 12. The van der Waals surface area contributed by atoms with Gasteiger partial charge in [-0.25, -0.2) is 4.39 Å². The van der Waals surface area contributed by atoms with Gasteiger partial charge in [0.2, 0.25) is 5.82 Å². The van der Waals surface area contributed by atoms with E-state index >= 15 is 0 Å². The van der Waals surface area contributed by atoms with Gasteiger partial charge in [0.05, 0.1) is 6.61 Å². The van der Waals surface area contributed by atoms with Crippen molar-refractivity contribution in [3.05, 3.63) is 101 Å². The van der Waals surface area contributed by atoms with Crippen LogP contribution in [0.25, 0.3) is 11.1 Å². The normalized spacial score (nSPS) is 17.7. The van der Waals surface area contributed by atoms with E-state index in [0.717, 1.165) is 25.7 Å². The van der Waals surface area contributed by atoms with Gasteiger partial charge in [0.1, 0.15) is 0 Å². The third-order valence-corrected chi connectivity index (χ3v) is 7.84. The summed E-state index contributed by atoms with van der Waals surface area (Å²) in [5, 5.41) is 0. The molecule has 0 unspecified atom stereocenters. The molecule has 0 aromatic heterocycles. The van der Waals surface area contributed by atoms with Crippen LogP contribution in [0.2, 0.25) is 0 Å². The first-order valence-corrected chi connectivity index (χ1v) is 14.5. The van der Waals surface area contributed by atoms with Crippen LogP contribution in [0.3, 0.4) is 0 Å². The number of unbranched alkanes of at least 4 members (excludes halogenated alkanes) is 1. The van der Waals surface area contributed by atoms with Crippen LogP contribution in [0.1, 0.15) is 87.8 Å². The van der Waals surface area contributed by atoms with E-state index in [0.29, 0.717) is 24.0 Å². The van der Waals surface area contributed by atoms with E-state index in [1.165, 1.54) is 61.3 Å². The van der Waals surface area contributed by atoms with Crippen molar-refractivity contribution in [2.75, 3.05) is 6.61 Å². The van der Waals surface area contributed by atoms with Gasteiger partial charge in [0, 0.05) is 5.56 Å².